The van der Waals surface area contributed by atoms with E-state index in [1.807, 2.05) is 0 Å². The number of aryl methyl sites for hydroxylation is 2. The summed E-state index contributed by atoms with van der Waals surface area (Å²) in [5.74, 6) is 0.497. The van der Waals surface area contributed by atoms with Crippen LogP contribution in [0.4, 0.5) is 34.1 Å². The highest BCUT2D eigenvalue weighted by Gasteiger charge is 2.31. The fraction of sp³-hybridized carbons (Fsp3) is 0.256. The Kier molecular flexibility index (Phi) is 13.3. The van der Waals surface area contributed by atoms with Gasteiger partial charge in [0.05, 0.1) is 39.1 Å². The van der Waals surface area contributed by atoms with E-state index in [-0.39, 0.29) is 22.7 Å². The Hall–Kier alpha value is -9.12. The smallest absolute Gasteiger partial charge is 0.0562 e. The third kappa shape index (κ3) is 8.90. The molecule has 0 unspecified atom stereocenters. The first kappa shape index (κ1) is 56.1. The zero-order chi connectivity index (χ0) is 61.5. The van der Waals surface area contributed by atoms with Crippen molar-refractivity contribution in [2.45, 2.75) is 143 Å². The number of hydrogen-bond acceptors (Lipinski definition) is 2. The second kappa shape index (κ2) is 21.3. The molecule has 0 radical (unpaired) electrons. The summed E-state index contributed by atoms with van der Waals surface area (Å²) in [6, 6.07) is 80.6. The third-order valence-electron chi connectivity index (χ3n) is 20.7. The van der Waals surface area contributed by atoms with Gasteiger partial charge in [0.15, 0.2) is 0 Å². The quantitative estimate of drug-likeness (QED) is 0.127. The predicted molar refractivity (Wildman–Crippen MR) is 387 cm³/mol. The molecular formula is C86H82N4. The minimum atomic E-state index is 0.0507. The third-order valence-corrected chi connectivity index (χ3v) is 20.7. The molecule has 16 rings (SSSR count). The van der Waals surface area contributed by atoms with Gasteiger partial charge in [-0.15, -0.1) is 0 Å². The molecule has 0 atom stereocenters. The second-order valence-corrected chi connectivity index (χ2v) is 28.9. The first-order valence-electron chi connectivity index (χ1n) is 33.5. The molecular weight excluding hydrogens is 1090 g/mol. The van der Waals surface area contributed by atoms with Crippen LogP contribution in [0.2, 0.25) is 0 Å². The maximum absolute atomic E-state index is 2.72. The van der Waals surface area contributed by atoms with Crippen molar-refractivity contribution in [3.8, 4) is 11.4 Å². The molecule has 0 bridgehead atoms. The number of hydrogen-bond donors (Lipinski definition) is 0. The molecule has 2 aliphatic rings. The highest BCUT2D eigenvalue weighted by molar-refractivity contribution is 6.30. The number of anilines is 6. The molecule has 0 saturated heterocycles. The van der Waals surface area contributed by atoms with Crippen LogP contribution in [-0.4, -0.2) is 9.13 Å². The van der Waals surface area contributed by atoms with Crippen LogP contribution in [-0.2, 0) is 36.5 Å². The molecule has 12 aromatic carbocycles. The van der Waals surface area contributed by atoms with Crippen LogP contribution in [0.15, 0.2) is 206 Å². The monoisotopic (exact) mass is 1170 g/mol. The highest BCUT2D eigenvalue weighted by atomic mass is 15.2. The van der Waals surface area contributed by atoms with Crippen LogP contribution in [0.1, 0.15) is 151 Å². The summed E-state index contributed by atoms with van der Waals surface area (Å²) in [5.41, 5.74) is 26.1. The Morgan fingerprint density at radius 3 is 1.30 bits per heavy atom. The first-order chi connectivity index (χ1) is 43.6. The normalized spacial score (nSPS) is 14.0. The number of para-hydroxylation sites is 2. The van der Waals surface area contributed by atoms with Crippen LogP contribution >= 0.6 is 0 Å². The van der Waals surface area contributed by atoms with Crippen molar-refractivity contribution in [1.82, 2.24) is 9.13 Å². The van der Waals surface area contributed by atoms with Crippen molar-refractivity contribution in [2.24, 2.45) is 0 Å². The minimum absolute atomic E-state index is 0.0507. The summed E-state index contributed by atoms with van der Waals surface area (Å²) >= 11 is 0. The van der Waals surface area contributed by atoms with Crippen LogP contribution < -0.4 is 9.80 Å². The van der Waals surface area contributed by atoms with E-state index in [9.17, 15) is 0 Å². The highest BCUT2D eigenvalue weighted by Crippen LogP contribution is 2.54. The lowest BCUT2D eigenvalue weighted by Crippen LogP contribution is -2.17. The lowest BCUT2D eigenvalue weighted by molar-refractivity contribution is 0.590. The molecule has 0 aliphatic heterocycles. The molecule has 90 heavy (non-hydrogen) atoms. The molecule has 0 saturated carbocycles. The van der Waals surface area contributed by atoms with E-state index < -0.39 is 0 Å². The van der Waals surface area contributed by atoms with E-state index in [2.05, 4.69) is 294 Å². The lowest BCUT2D eigenvalue weighted by atomic mass is 9.83. The van der Waals surface area contributed by atoms with Crippen molar-refractivity contribution in [1.29, 1.82) is 0 Å². The molecule has 446 valence electrons. The van der Waals surface area contributed by atoms with E-state index in [1.54, 1.807) is 0 Å². The first-order valence-corrected chi connectivity index (χ1v) is 33.5. The maximum atomic E-state index is 2.72. The molecule has 4 heteroatoms. The topological polar surface area (TPSA) is 16.3 Å². The van der Waals surface area contributed by atoms with Gasteiger partial charge >= 0.3 is 0 Å². The molecule has 2 heterocycles. The maximum Gasteiger partial charge on any atom is 0.0562 e. The van der Waals surface area contributed by atoms with Gasteiger partial charge in [0.25, 0.3) is 0 Å². The summed E-state index contributed by atoms with van der Waals surface area (Å²) in [6.45, 7) is 23.4. The fourth-order valence-electron chi connectivity index (χ4n) is 16.1. The van der Waals surface area contributed by atoms with Gasteiger partial charge in [-0.2, -0.15) is 0 Å². The second-order valence-electron chi connectivity index (χ2n) is 28.9. The molecule has 2 aliphatic carbocycles. The van der Waals surface area contributed by atoms with Gasteiger partial charge in [0.2, 0.25) is 0 Å². The van der Waals surface area contributed by atoms with Gasteiger partial charge in [-0.3, -0.25) is 0 Å². The van der Waals surface area contributed by atoms with Crippen molar-refractivity contribution in [2.75, 3.05) is 9.80 Å². The van der Waals surface area contributed by atoms with E-state index in [0.29, 0.717) is 0 Å². The summed E-state index contributed by atoms with van der Waals surface area (Å²) < 4.78 is 4.99. The van der Waals surface area contributed by atoms with E-state index in [1.165, 1.54) is 192 Å². The van der Waals surface area contributed by atoms with Crippen molar-refractivity contribution >= 4 is 110 Å². The van der Waals surface area contributed by atoms with Gasteiger partial charge in [-0.1, -0.05) is 184 Å². The average molecular weight is 1170 g/mol. The van der Waals surface area contributed by atoms with Crippen LogP contribution in [0, 0.1) is 0 Å². The van der Waals surface area contributed by atoms with Crippen LogP contribution in [0.5, 0.6) is 0 Å². The van der Waals surface area contributed by atoms with Crippen molar-refractivity contribution < 1.29 is 0 Å². The van der Waals surface area contributed by atoms with Gasteiger partial charge in [0, 0.05) is 60.8 Å². The minimum Gasteiger partial charge on any atom is -0.310 e. The summed E-state index contributed by atoms with van der Waals surface area (Å²) in [4.78, 5) is 5.41. The summed E-state index contributed by atoms with van der Waals surface area (Å²) in [5, 5.41) is 13.0. The number of rotatable bonds is 10. The van der Waals surface area contributed by atoms with Gasteiger partial charge in [-0.25, -0.2) is 0 Å². The number of nitrogens with zero attached hydrogens (tertiary/aromatic N) is 4. The Morgan fingerprint density at radius 2 is 0.756 bits per heavy atom. The summed E-state index contributed by atoms with van der Waals surface area (Å²) in [6.07, 6.45) is 9.14. The lowest BCUT2D eigenvalue weighted by Gasteiger charge is -2.34. The SMILES string of the molecule is CC(C)c1cc(N(c2ccc3c(c2)c2ccccc2n3-c2ccc(C(C)(C)C)cc2)c2cccc3c2CCCC3)c2ccc3c(C(C)C)cc(N(c4cccc5c4CCCC5)c4cccc5c4c4ccccc4n5-c4ccc(C(C)(C)C)cc4)c4ccc1c2c34. The Balaban J connectivity index is 0.983. The largest absolute Gasteiger partial charge is 0.310 e. The zero-order valence-corrected chi connectivity index (χ0v) is 54.2. The van der Waals surface area contributed by atoms with E-state index in [4.69, 9.17) is 0 Å². The Bertz CT molecular complexity index is 5150. The number of benzene rings is 12. The molecule has 0 fully saturated rings. The van der Waals surface area contributed by atoms with E-state index in [0.717, 1.165) is 25.7 Å². The van der Waals surface area contributed by atoms with Gasteiger partial charge < -0.3 is 18.9 Å². The molecule has 4 nitrogen and oxygen atoms in total. The standard InChI is InChI=1S/C86H82N4/c1-53(2)70-51-80(89(73-32-19-24-55-22-11-13-26-62(55)73)61-44-49-77-72(50-61)64-28-15-17-30-75(64)87(77)59-40-36-57(37-41-59)85(5,6)7)68-47-45-66-71(54(3)4)52-81(69-48-46-65(70)82(68)83(66)69)90(74-33-20-25-56-23-12-14-27-63(56)74)79-35-21-34-78-84(79)67-29-16-18-31-76(67)88(78)60-42-38-58(39-43-60)86(8,9)10/h15-21,24-25,28-54H,11-14,22-23,26-27H2,1-10H3. The average Bonchev–Trinajstić information content (AvgIpc) is 0.887. The molecule has 14 aromatic rings. The Labute approximate surface area is 531 Å². The van der Waals surface area contributed by atoms with Crippen LogP contribution in [0.3, 0.4) is 0 Å². The fourth-order valence-corrected chi connectivity index (χ4v) is 16.1. The number of aromatic nitrogens is 2. The van der Waals surface area contributed by atoms with Crippen molar-refractivity contribution in [3.05, 3.63) is 251 Å². The molecule has 2 aromatic heterocycles. The molecule has 0 amide bonds. The van der Waals surface area contributed by atoms with Crippen molar-refractivity contribution in [3.63, 3.8) is 0 Å². The zero-order valence-electron chi connectivity index (χ0n) is 54.2. The molecule has 0 N–H and O–H groups in total. The molecule has 0 spiro atoms. The summed E-state index contributed by atoms with van der Waals surface area (Å²) in [7, 11) is 0. The van der Waals surface area contributed by atoms with E-state index >= 15 is 0 Å². The predicted octanol–water partition coefficient (Wildman–Crippen LogP) is 24.3. The van der Waals surface area contributed by atoms with Crippen LogP contribution in [0.25, 0.3) is 87.3 Å². The van der Waals surface area contributed by atoms with Gasteiger partial charge in [-0.05, 0) is 231 Å². The number of fused-ring (bicyclic) bond motifs is 8. The van der Waals surface area contributed by atoms with Gasteiger partial charge in [0.1, 0.15) is 0 Å². The Morgan fingerprint density at radius 1 is 0.322 bits per heavy atom.